The smallest absolute Gasteiger partial charge is 0.351 e. The summed E-state index contributed by atoms with van der Waals surface area (Å²) in [6.07, 6.45) is 0. The number of primary amides is 1. The van der Waals surface area contributed by atoms with Gasteiger partial charge in [0.25, 0.3) is 5.91 Å². The maximum atomic E-state index is 14.5. The molecule has 1 saturated heterocycles. The number of hydrogen-bond donors (Lipinski definition) is 3. The summed E-state index contributed by atoms with van der Waals surface area (Å²) in [6.45, 7) is 2.73. The van der Waals surface area contributed by atoms with Crippen molar-refractivity contribution in [2.24, 2.45) is 5.73 Å². The minimum atomic E-state index is -1.09. The molecule has 5 N–H and O–H groups in total. The van der Waals surface area contributed by atoms with Crippen molar-refractivity contribution < 1.29 is 18.8 Å². The number of rotatable bonds is 2. The van der Waals surface area contributed by atoms with Crippen LogP contribution in [0.15, 0.2) is 12.1 Å². The van der Waals surface area contributed by atoms with Crippen LogP contribution >= 0.6 is 0 Å². The maximum absolute atomic E-state index is 14.5. The molecule has 2 heterocycles. The Hall–Kier alpha value is -2.88. The second kappa shape index (κ2) is 5.64. The molecule has 0 unspecified atom stereocenters. The van der Waals surface area contributed by atoms with Crippen molar-refractivity contribution in [1.29, 1.82) is 0 Å². The number of nitrogen functional groups attached to an aromatic ring is 1. The molecule has 24 heavy (non-hydrogen) atoms. The van der Waals surface area contributed by atoms with E-state index in [9.17, 15) is 19.3 Å². The van der Waals surface area contributed by atoms with Gasteiger partial charge in [0.2, 0.25) is 11.2 Å². The van der Waals surface area contributed by atoms with Crippen molar-refractivity contribution in [1.82, 2.24) is 9.63 Å². The van der Waals surface area contributed by atoms with E-state index in [-0.39, 0.29) is 21.1 Å². The molecule has 9 nitrogen and oxygen atoms in total. The third kappa shape index (κ3) is 2.40. The van der Waals surface area contributed by atoms with Crippen molar-refractivity contribution in [3.05, 3.63) is 28.6 Å². The van der Waals surface area contributed by atoms with E-state index < -0.39 is 23.2 Å². The van der Waals surface area contributed by atoms with Gasteiger partial charge in [0.15, 0.2) is 0 Å². The number of carbonyl (C=O) groups is 1. The summed E-state index contributed by atoms with van der Waals surface area (Å²) in [5.74, 6) is -2.26. The molecule has 0 bridgehead atoms. The third-order valence-electron chi connectivity index (χ3n) is 4.24. The molecule has 0 spiro atoms. The molecule has 1 fully saturated rings. The Bertz CT molecular complexity index is 888. The van der Waals surface area contributed by atoms with E-state index in [1.54, 1.807) is 0 Å². The number of piperazine rings is 1. The van der Waals surface area contributed by atoms with Gasteiger partial charge in [0.05, 0.1) is 5.69 Å². The Labute approximate surface area is 136 Å². The number of nitrogens with zero attached hydrogens (tertiary/aromatic N) is 4. The first-order chi connectivity index (χ1) is 11.3. The number of benzene rings is 1. The Morgan fingerprint density at radius 3 is 2.50 bits per heavy atom. The fraction of sp³-hybridized carbons (Fsp3) is 0.357. The molecule has 1 aromatic heterocycles. The number of likely N-dealkylation sites (N-methyl/N-ethyl adjacent to an activating group) is 1. The lowest BCUT2D eigenvalue weighted by atomic mass is 10.2. The van der Waals surface area contributed by atoms with Crippen molar-refractivity contribution >= 4 is 28.4 Å². The number of halogens is 1. The number of amides is 1. The van der Waals surface area contributed by atoms with Gasteiger partial charge in [-0.3, -0.25) is 10.5 Å². The van der Waals surface area contributed by atoms with Crippen LogP contribution in [0, 0.1) is 10.7 Å². The molecule has 0 radical (unpaired) electrons. The van der Waals surface area contributed by atoms with Gasteiger partial charge in [-0.05, 0) is 7.05 Å². The van der Waals surface area contributed by atoms with Gasteiger partial charge in [-0.1, -0.05) is 4.91 Å². The van der Waals surface area contributed by atoms with Crippen LogP contribution in [0.2, 0.25) is 0 Å². The highest BCUT2D eigenvalue weighted by Gasteiger charge is 2.27. The molecule has 1 aliphatic heterocycles. The Morgan fingerprint density at radius 1 is 1.29 bits per heavy atom. The van der Waals surface area contributed by atoms with Gasteiger partial charge < -0.3 is 20.7 Å². The molecule has 0 aliphatic carbocycles. The van der Waals surface area contributed by atoms with E-state index in [1.807, 2.05) is 11.9 Å². The Balaban J connectivity index is 2.21. The molecule has 128 valence electrons. The third-order valence-corrected chi connectivity index (χ3v) is 4.24. The zero-order valence-electron chi connectivity index (χ0n) is 13.1. The first kappa shape index (κ1) is 16.0. The summed E-state index contributed by atoms with van der Waals surface area (Å²) in [6, 6.07) is 2.31. The number of fused-ring (bicyclic) bond motifs is 1. The first-order valence-electron chi connectivity index (χ1n) is 7.34. The van der Waals surface area contributed by atoms with Crippen molar-refractivity contribution in [3.8, 4) is 0 Å². The monoisotopic (exact) mass is 337 g/mol. The standard InChI is InChI=1S/C14H17FN6O3/c1-18-2-4-19(5-3-18)9-7-11-10(6-8(9)15)20(23)12(14(17)22)13(16)21(11)24/h6-7,23H,2-5H2,1H3,(H3-,16,17,22)/p+1. The second-order valence-electron chi connectivity index (χ2n) is 5.79. The molecule has 1 amide bonds. The van der Waals surface area contributed by atoms with Crippen LogP contribution in [0.5, 0.6) is 0 Å². The SMILES string of the molecule is CN1CCN(c2cc3c(cc2F)n(O)c(C(N)=O)c(N)[n+]3=O)CC1. The van der Waals surface area contributed by atoms with Gasteiger partial charge in [-0.2, -0.15) is 4.73 Å². The minimum absolute atomic E-state index is 0.0599. The molecule has 1 aliphatic rings. The largest absolute Gasteiger partial charge is 0.427 e. The van der Waals surface area contributed by atoms with Crippen LogP contribution in [0.25, 0.3) is 11.0 Å². The average Bonchev–Trinajstić information content (AvgIpc) is 2.53. The number of nitrogens with two attached hydrogens (primary N) is 2. The summed E-state index contributed by atoms with van der Waals surface area (Å²) < 4.78 is 15.1. The van der Waals surface area contributed by atoms with Gasteiger partial charge in [-0.25, -0.2) is 4.39 Å². The number of carbonyl (C=O) groups excluding carboxylic acids is 1. The Kier molecular flexibility index (Phi) is 3.76. The topological polar surface area (TPSA) is 124 Å². The molecule has 0 saturated carbocycles. The molecule has 1 aromatic carbocycles. The summed E-state index contributed by atoms with van der Waals surface area (Å²) in [7, 11) is 1.97. The van der Waals surface area contributed by atoms with E-state index in [4.69, 9.17) is 11.5 Å². The van der Waals surface area contributed by atoms with E-state index >= 15 is 0 Å². The number of anilines is 2. The van der Waals surface area contributed by atoms with E-state index in [1.165, 1.54) is 6.07 Å². The molecular formula is C14H18FN6O3+. The predicted octanol–water partition coefficient (Wildman–Crippen LogP) is -0.635. The van der Waals surface area contributed by atoms with E-state index in [0.29, 0.717) is 17.8 Å². The number of hydrogen-bond acceptors (Lipinski definition) is 6. The zero-order valence-corrected chi connectivity index (χ0v) is 13.1. The molecule has 3 rings (SSSR count). The van der Waals surface area contributed by atoms with E-state index in [2.05, 4.69) is 4.90 Å². The van der Waals surface area contributed by atoms with Gasteiger partial charge >= 0.3 is 5.82 Å². The Morgan fingerprint density at radius 2 is 1.92 bits per heavy atom. The first-order valence-corrected chi connectivity index (χ1v) is 7.34. The fourth-order valence-corrected chi connectivity index (χ4v) is 2.85. The number of aromatic nitrogens is 2. The van der Waals surface area contributed by atoms with E-state index in [0.717, 1.165) is 19.2 Å². The van der Waals surface area contributed by atoms with Crippen LogP contribution in [0.4, 0.5) is 15.9 Å². The highest BCUT2D eigenvalue weighted by molar-refractivity contribution is 5.96. The van der Waals surface area contributed by atoms with Gasteiger partial charge in [-0.15, -0.1) is 0 Å². The van der Waals surface area contributed by atoms with Crippen LogP contribution in [-0.2, 0) is 0 Å². The van der Waals surface area contributed by atoms with Crippen molar-refractivity contribution in [3.63, 3.8) is 0 Å². The van der Waals surface area contributed by atoms with Gasteiger partial charge in [0.1, 0.15) is 11.3 Å². The maximum Gasteiger partial charge on any atom is 0.351 e. The normalized spacial score (nSPS) is 15.8. The van der Waals surface area contributed by atoms with Crippen LogP contribution < -0.4 is 20.8 Å². The molecule has 0 atom stereocenters. The summed E-state index contributed by atoms with van der Waals surface area (Å²) in [5, 5.41) is 10.1. The summed E-state index contributed by atoms with van der Waals surface area (Å²) in [5.41, 5.74) is 10.1. The summed E-state index contributed by atoms with van der Waals surface area (Å²) >= 11 is 0. The summed E-state index contributed by atoms with van der Waals surface area (Å²) in [4.78, 5) is 27.6. The average molecular weight is 337 g/mol. The van der Waals surface area contributed by atoms with Gasteiger partial charge in [0, 0.05) is 42.7 Å². The van der Waals surface area contributed by atoms with Crippen molar-refractivity contribution in [2.45, 2.75) is 0 Å². The van der Waals surface area contributed by atoms with Crippen LogP contribution in [0.1, 0.15) is 10.5 Å². The molecule has 10 heteroatoms. The minimum Gasteiger partial charge on any atom is -0.427 e. The second-order valence-corrected chi connectivity index (χ2v) is 5.79. The lowest BCUT2D eigenvalue weighted by Gasteiger charge is -2.34. The lowest BCUT2D eigenvalue weighted by molar-refractivity contribution is -0.448. The lowest BCUT2D eigenvalue weighted by Crippen LogP contribution is -2.45. The predicted molar refractivity (Wildman–Crippen MR) is 85.1 cm³/mol. The van der Waals surface area contributed by atoms with Crippen molar-refractivity contribution in [2.75, 3.05) is 43.9 Å². The highest BCUT2D eigenvalue weighted by Crippen LogP contribution is 2.26. The highest BCUT2D eigenvalue weighted by atomic mass is 19.1. The molecule has 2 aromatic rings. The quantitative estimate of drug-likeness (QED) is 0.495. The van der Waals surface area contributed by atoms with Crippen LogP contribution in [-0.4, -0.2) is 54.0 Å². The van der Waals surface area contributed by atoms with Crippen LogP contribution in [0.3, 0.4) is 0 Å². The fourth-order valence-electron chi connectivity index (χ4n) is 2.85. The molecular weight excluding hydrogens is 319 g/mol. The zero-order chi connectivity index (χ0) is 17.6.